The molecule has 0 aliphatic carbocycles. The second kappa shape index (κ2) is 9.48. The Bertz CT molecular complexity index is 605. The second-order valence-electron chi connectivity index (χ2n) is 6.23. The molecule has 1 N–H and O–H groups in total. The summed E-state index contributed by atoms with van der Waals surface area (Å²) in [6.45, 7) is 3.00. The number of anilines is 2. The molecular weight excluding hydrogens is 367 g/mol. The molecule has 1 saturated heterocycles. The van der Waals surface area contributed by atoms with Gasteiger partial charge in [0.25, 0.3) is 0 Å². The first-order valence-corrected chi connectivity index (χ1v) is 9.49. The number of halogens is 3. The summed E-state index contributed by atoms with van der Waals surface area (Å²) in [6, 6.07) is 3.47. The Balaban J connectivity index is 2.10. The maximum Gasteiger partial charge on any atom is 0.416 e. The van der Waals surface area contributed by atoms with Crippen LogP contribution >= 0.6 is 11.8 Å². The maximum atomic E-state index is 13.0. The lowest BCUT2D eigenvalue weighted by molar-refractivity contribution is -0.137. The van der Waals surface area contributed by atoms with Crippen LogP contribution in [0.15, 0.2) is 18.2 Å². The van der Waals surface area contributed by atoms with Gasteiger partial charge in [-0.15, -0.1) is 0 Å². The van der Waals surface area contributed by atoms with E-state index in [2.05, 4.69) is 5.32 Å². The van der Waals surface area contributed by atoms with Crippen molar-refractivity contribution in [1.82, 2.24) is 4.90 Å². The minimum Gasteiger partial charge on any atom is -0.378 e. The Morgan fingerprint density at radius 3 is 2.62 bits per heavy atom. The molecule has 26 heavy (non-hydrogen) atoms. The summed E-state index contributed by atoms with van der Waals surface area (Å²) < 4.78 is 44.4. The topological polar surface area (TPSA) is 44.8 Å². The van der Waals surface area contributed by atoms with Gasteiger partial charge >= 0.3 is 6.18 Å². The van der Waals surface area contributed by atoms with Crippen molar-refractivity contribution in [2.75, 3.05) is 68.7 Å². The predicted octanol–water partition coefficient (Wildman–Crippen LogP) is 2.78. The molecule has 0 spiro atoms. The number of carbonyl (C=O) groups excluding carboxylic acids is 1. The molecule has 1 fully saturated rings. The molecule has 0 unspecified atom stereocenters. The van der Waals surface area contributed by atoms with Crippen molar-refractivity contribution in [3.8, 4) is 0 Å². The molecular formula is C17H24F3N3O2S. The largest absolute Gasteiger partial charge is 0.416 e. The number of benzene rings is 1. The lowest BCUT2D eigenvalue weighted by Gasteiger charge is -2.31. The zero-order valence-corrected chi connectivity index (χ0v) is 15.8. The standard InChI is InChI=1S/C17H24F3N3O2S/c1-22(2)7-10-26-12-16(24)21-14-11-13(17(18,19)20)3-4-15(14)23-5-8-25-9-6-23/h3-4,11H,5-10,12H2,1-2H3,(H,21,24). The number of rotatable bonds is 7. The van der Waals surface area contributed by atoms with E-state index in [-0.39, 0.29) is 17.3 Å². The van der Waals surface area contributed by atoms with Crippen LogP contribution in [0.25, 0.3) is 0 Å². The molecule has 2 rings (SSSR count). The predicted molar refractivity (Wildman–Crippen MR) is 99.0 cm³/mol. The lowest BCUT2D eigenvalue weighted by Crippen LogP contribution is -2.37. The van der Waals surface area contributed by atoms with Gasteiger partial charge in [0.05, 0.1) is 35.9 Å². The molecule has 1 aromatic rings. The SMILES string of the molecule is CN(C)CCSCC(=O)Nc1cc(C(F)(F)F)ccc1N1CCOCC1. The van der Waals surface area contributed by atoms with E-state index in [1.807, 2.05) is 23.9 Å². The van der Waals surface area contributed by atoms with E-state index in [9.17, 15) is 18.0 Å². The number of amides is 1. The third-order valence-corrected chi connectivity index (χ3v) is 4.80. The number of nitrogens with one attached hydrogen (secondary N) is 1. The maximum absolute atomic E-state index is 13.0. The molecule has 0 aromatic heterocycles. The van der Waals surface area contributed by atoms with Crippen LogP contribution in [0.4, 0.5) is 24.5 Å². The number of alkyl halides is 3. The minimum absolute atomic E-state index is 0.194. The van der Waals surface area contributed by atoms with Crippen LogP contribution in [0.2, 0.25) is 0 Å². The fraction of sp³-hybridized carbons (Fsp3) is 0.588. The highest BCUT2D eigenvalue weighted by Gasteiger charge is 2.31. The van der Waals surface area contributed by atoms with Crippen LogP contribution in [0.5, 0.6) is 0 Å². The third-order valence-electron chi connectivity index (χ3n) is 3.87. The quantitative estimate of drug-likeness (QED) is 0.725. The third kappa shape index (κ3) is 6.37. The molecule has 0 bridgehead atoms. The zero-order chi connectivity index (χ0) is 19.2. The first-order valence-electron chi connectivity index (χ1n) is 8.33. The van der Waals surface area contributed by atoms with Gasteiger partial charge in [0.15, 0.2) is 0 Å². The summed E-state index contributed by atoms with van der Waals surface area (Å²) in [5.41, 5.74) is 0.0120. The summed E-state index contributed by atoms with van der Waals surface area (Å²) in [6.07, 6.45) is -4.45. The summed E-state index contributed by atoms with van der Waals surface area (Å²) in [4.78, 5) is 16.1. The molecule has 1 aliphatic rings. The van der Waals surface area contributed by atoms with Crippen LogP contribution in [-0.4, -0.2) is 69.3 Å². The Morgan fingerprint density at radius 2 is 2.00 bits per heavy atom. The molecule has 0 atom stereocenters. The summed E-state index contributed by atoms with van der Waals surface area (Å²) in [5, 5.41) is 2.65. The highest BCUT2D eigenvalue weighted by atomic mass is 32.2. The van der Waals surface area contributed by atoms with E-state index >= 15 is 0 Å². The Labute approximate surface area is 155 Å². The van der Waals surface area contributed by atoms with Crippen molar-refractivity contribution in [2.45, 2.75) is 6.18 Å². The monoisotopic (exact) mass is 391 g/mol. The first-order chi connectivity index (χ1) is 12.3. The van der Waals surface area contributed by atoms with Crippen molar-refractivity contribution in [2.24, 2.45) is 0 Å². The second-order valence-corrected chi connectivity index (χ2v) is 7.34. The summed E-state index contributed by atoms with van der Waals surface area (Å²) in [7, 11) is 3.88. The fourth-order valence-electron chi connectivity index (χ4n) is 2.49. The molecule has 0 radical (unpaired) electrons. The Morgan fingerprint density at radius 1 is 1.31 bits per heavy atom. The molecule has 9 heteroatoms. The van der Waals surface area contributed by atoms with Gasteiger partial charge in [-0.05, 0) is 32.3 Å². The molecule has 5 nitrogen and oxygen atoms in total. The fourth-order valence-corrected chi connectivity index (χ4v) is 3.39. The number of carbonyl (C=O) groups is 1. The highest BCUT2D eigenvalue weighted by molar-refractivity contribution is 7.99. The molecule has 1 heterocycles. The molecule has 1 amide bonds. The van der Waals surface area contributed by atoms with E-state index in [0.717, 1.165) is 24.4 Å². The van der Waals surface area contributed by atoms with E-state index in [1.165, 1.54) is 17.8 Å². The Kier molecular flexibility index (Phi) is 7.60. The van der Waals surface area contributed by atoms with E-state index < -0.39 is 11.7 Å². The molecule has 1 aromatic carbocycles. The summed E-state index contributed by atoms with van der Waals surface area (Å²) in [5.74, 6) is 0.675. The van der Waals surface area contributed by atoms with Crippen molar-refractivity contribution in [3.63, 3.8) is 0 Å². The highest BCUT2D eigenvalue weighted by Crippen LogP contribution is 2.35. The first kappa shape index (κ1) is 20.9. The van der Waals surface area contributed by atoms with E-state index in [4.69, 9.17) is 4.74 Å². The van der Waals surface area contributed by atoms with Crippen molar-refractivity contribution in [1.29, 1.82) is 0 Å². The smallest absolute Gasteiger partial charge is 0.378 e. The molecule has 1 aliphatic heterocycles. The summed E-state index contributed by atoms with van der Waals surface area (Å²) >= 11 is 1.45. The average Bonchev–Trinajstić information content (AvgIpc) is 2.58. The van der Waals surface area contributed by atoms with Crippen LogP contribution in [0.1, 0.15) is 5.56 Å². The normalized spacial score (nSPS) is 15.4. The van der Waals surface area contributed by atoms with Crippen LogP contribution in [0.3, 0.4) is 0 Å². The zero-order valence-electron chi connectivity index (χ0n) is 14.9. The van der Waals surface area contributed by atoms with Gasteiger partial charge in [0.1, 0.15) is 0 Å². The number of ether oxygens (including phenoxy) is 1. The number of hydrogen-bond donors (Lipinski definition) is 1. The van der Waals surface area contributed by atoms with Gasteiger partial charge in [-0.1, -0.05) is 0 Å². The van der Waals surface area contributed by atoms with Crippen molar-refractivity contribution < 1.29 is 22.7 Å². The van der Waals surface area contributed by atoms with E-state index in [1.54, 1.807) is 0 Å². The number of hydrogen-bond acceptors (Lipinski definition) is 5. The van der Waals surface area contributed by atoms with Gasteiger partial charge in [0, 0.05) is 25.4 Å². The minimum atomic E-state index is -4.45. The van der Waals surface area contributed by atoms with Crippen LogP contribution in [0, 0.1) is 0 Å². The lowest BCUT2D eigenvalue weighted by atomic mass is 10.1. The number of thioether (sulfide) groups is 1. The van der Waals surface area contributed by atoms with Crippen LogP contribution < -0.4 is 10.2 Å². The van der Waals surface area contributed by atoms with Gasteiger partial charge in [-0.2, -0.15) is 24.9 Å². The van der Waals surface area contributed by atoms with Crippen LogP contribution in [-0.2, 0) is 15.7 Å². The average molecular weight is 391 g/mol. The van der Waals surface area contributed by atoms with Gasteiger partial charge in [-0.3, -0.25) is 4.79 Å². The van der Waals surface area contributed by atoms with Gasteiger partial charge in [-0.25, -0.2) is 0 Å². The molecule has 146 valence electrons. The van der Waals surface area contributed by atoms with Crippen molar-refractivity contribution >= 4 is 29.0 Å². The Hall–Kier alpha value is -1.45. The number of nitrogens with zero attached hydrogens (tertiary/aromatic N) is 2. The van der Waals surface area contributed by atoms with Gasteiger partial charge < -0.3 is 19.9 Å². The van der Waals surface area contributed by atoms with Crippen molar-refractivity contribution in [3.05, 3.63) is 23.8 Å². The molecule has 0 saturated carbocycles. The van der Waals surface area contributed by atoms with E-state index in [0.29, 0.717) is 32.0 Å². The number of morpholine rings is 1. The van der Waals surface area contributed by atoms with Gasteiger partial charge in [0.2, 0.25) is 5.91 Å².